The van der Waals surface area contributed by atoms with Crippen LogP contribution in [0.15, 0.2) is 48.5 Å². The van der Waals surface area contributed by atoms with Crippen molar-refractivity contribution in [2.24, 2.45) is 0 Å². The van der Waals surface area contributed by atoms with E-state index in [1.165, 1.54) is 11.3 Å². The van der Waals surface area contributed by atoms with Crippen molar-refractivity contribution in [3.63, 3.8) is 0 Å². The lowest BCUT2D eigenvalue weighted by Crippen LogP contribution is -1.95. The number of benzene rings is 2. The molecule has 0 atom stereocenters. The van der Waals surface area contributed by atoms with E-state index in [-0.39, 0.29) is 0 Å². The number of hydrogen-bond acceptors (Lipinski definition) is 3. The van der Waals surface area contributed by atoms with E-state index in [2.05, 4.69) is 0 Å². The Labute approximate surface area is 120 Å². The topological polar surface area (TPSA) is 35.2 Å². The Kier molecular flexibility index (Phi) is 3.32. The van der Waals surface area contributed by atoms with Gasteiger partial charge in [-0.15, -0.1) is 11.3 Å². The van der Waals surface area contributed by atoms with Crippen LogP contribution < -0.4 is 10.5 Å². The van der Waals surface area contributed by atoms with Crippen LogP contribution in [0.1, 0.15) is 4.88 Å². The molecule has 3 aromatic rings. The highest BCUT2D eigenvalue weighted by Gasteiger charge is 2.05. The fraction of sp³-hybridized carbons (Fsp3) is 0.0667. The van der Waals surface area contributed by atoms with Gasteiger partial charge in [0.25, 0.3) is 0 Å². The highest BCUT2D eigenvalue weighted by molar-refractivity contribution is 7.16. The van der Waals surface area contributed by atoms with Gasteiger partial charge in [-0.2, -0.15) is 0 Å². The van der Waals surface area contributed by atoms with E-state index in [9.17, 15) is 0 Å². The number of halogens is 1. The van der Waals surface area contributed by atoms with Crippen LogP contribution in [0, 0.1) is 0 Å². The van der Waals surface area contributed by atoms with E-state index in [1.54, 1.807) is 0 Å². The third-order valence-corrected chi connectivity index (χ3v) is 4.12. The predicted molar refractivity (Wildman–Crippen MR) is 82.0 cm³/mol. The summed E-state index contributed by atoms with van der Waals surface area (Å²) in [7, 11) is 0. The van der Waals surface area contributed by atoms with E-state index < -0.39 is 0 Å². The second kappa shape index (κ2) is 5.11. The number of nitrogens with two attached hydrogens (primary N) is 1. The van der Waals surface area contributed by atoms with Gasteiger partial charge in [-0.05, 0) is 24.3 Å². The SMILES string of the molecule is Nc1ccc(OCc2ccc(Cl)s2)c2ccccc12. The number of ether oxygens (including phenoxy) is 1. The van der Waals surface area contributed by atoms with Gasteiger partial charge in [-0.3, -0.25) is 0 Å². The zero-order valence-corrected chi connectivity index (χ0v) is 11.7. The molecule has 0 saturated heterocycles. The van der Waals surface area contributed by atoms with Crippen LogP contribution in [0.2, 0.25) is 4.34 Å². The number of hydrogen-bond donors (Lipinski definition) is 1. The van der Waals surface area contributed by atoms with Gasteiger partial charge < -0.3 is 10.5 Å². The summed E-state index contributed by atoms with van der Waals surface area (Å²) in [5.74, 6) is 0.842. The van der Waals surface area contributed by atoms with E-state index in [4.69, 9.17) is 22.1 Å². The van der Waals surface area contributed by atoms with Gasteiger partial charge in [0.2, 0.25) is 0 Å². The zero-order chi connectivity index (χ0) is 13.2. The number of rotatable bonds is 3. The first kappa shape index (κ1) is 12.3. The highest BCUT2D eigenvalue weighted by atomic mass is 35.5. The molecule has 1 aromatic heterocycles. The number of fused-ring (bicyclic) bond motifs is 1. The van der Waals surface area contributed by atoms with Crippen LogP contribution in [-0.4, -0.2) is 0 Å². The lowest BCUT2D eigenvalue weighted by Gasteiger charge is -2.10. The van der Waals surface area contributed by atoms with Gasteiger partial charge in [0.15, 0.2) is 0 Å². The van der Waals surface area contributed by atoms with Gasteiger partial charge in [0.1, 0.15) is 12.4 Å². The largest absolute Gasteiger partial charge is 0.487 e. The quantitative estimate of drug-likeness (QED) is 0.708. The minimum atomic E-state index is 0.519. The van der Waals surface area contributed by atoms with Gasteiger partial charge in [0.05, 0.1) is 4.34 Å². The van der Waals surface area contributed by atoms with Crippen molar-refractivity contribution in [2.45, 2.75) is 6.61 Å². The minimum Gasteiger partial charge on any atom is -0.487 e. The highest BCUT2D eigenvalue weighted by Crippen LogP contribution is 2.31. The molecule has 0 saturated carbocycles. The van der Waals surface area contributed by atoms with E-state index in [0.717, 1.165) is 31.4 Å². The van der Waals surface area contributed by atoms with Crippen molar-refractivity contribution in [2.75, 3.05) is 5.73 Å². The van der Waals surface area contributed by atoms with Crippen LogP contribution in [0.3, 0.4) is 0 Å². The molecule has 3 rings (SSSR count). The number of anilines is 1. The first-order valence-corrected chi connectivity index (χ1v) is 7.08. The van der Waals surface area contributed by atoms with E-state index in [0.29, 0.717) is 6.61 Å². The molecule has 1 heterocycles. The molecule has 2 N–H and O–H groups in total. The van der Waals surface area contributed by atoms with Crippen LogP contribution >= 0.6 is 22.9 Å². The molecule has 2 aromatic carbocycles. The summed E-state index contributed by atoms with van der Waals surface area (Å²) in [6.45, 7) is 0.519. The molecular formula is C15H12ClNOS. The fourth-order valence-corrected chi connectivity index (χ4v) is 3.00. The van der Waals surface area contributed by atoms with Crippen molar-refractivity contribution in [3.8, 4) is 5.75 Å². The minimum absolute atomic E-state index is 0.519. The van der Waals surface area contributed by atoms with Gasteiger partial charge in [-0.25, -0.2) is 0 Å². The summed E-state index contributed by atoms with van der Waals surface area (Å²) in [5.41, 5.74) is 6.73. The van der Waals surface area contributed by atoms with Crippen molar-refractivity contribution in [1.82, 2.24) is 0 Å². The molecule has 0 fully saturated rings. The zero-order valence-electron chi connectivity index (χ0n) is 10.1. The number of nitrogen functional groups attached to an aromatic ring is 1. The summed E-state index contributed by atoms with van der Waals surface area (Å²) in [6, 6.07) is 15.6. The van der Waals surface area contributed by atoms with Gasteiger partial charge in [0, 0.05) is 21.3 Å². The smallest absolute Gasteiger partial charge is 0.127 e. The summed E-state index contributed by atoms with van der Waals surface area (Å²) in [5, 5.41) is 2.05. The Morgan fingerprint density at radius 3 is 2.53 bits per heavy atom. The van der Waals surface area contributed by atoms with Crippen LogP contribution in [0.4, 0.5) is 5.69 Å². The van der Waals surface area contributed by atoms with Gasteiger partial charge in [-0.1, -0.05) is 35.9 Å². The Bertz CT molecular complexity index is 723. The molecule has 0 aliphatic carbocycles. The first-order valence-electron chi connectivity index (χ1n) is 5.88. The van der Waals surface area contributed by atoms with Crippen LogP contribution in [0.5, 0.6) is 5.75 Å². The van der Waals surface area contributed by atoms with Crippen molar-refractivity contribution >= 4 is 39.4 Å². The monoisotopic (exact) mass is 289 g/mol. The number of thiophene rings is 1. The standard InChI is InChI=1S/C15H12ClNOS/c16-15-8-5-10(19-15)9-18-14-7-6-13(17)11-3-1-2-4-12(11)14/h1-8H,9,17H2. The molecule has 2 nitrogen and oxygen atoms in total. The molecule has 0 unspecified atom stereocenters. The predicted octanol–water partition coefficient (Wildman–Crippen LogP) is 4.72. The Morgan fingerprint density at radius 2 is 1.79 bits per heavy atom. The Morgan fingerprint density at radius 1 is 1.00 bits per heavy atom. The third kappa shape index (κ3) is 2.53. The molecule has 19 heavy (non-hydrogen) atoms. The molecule has 0 aliphatic rings. The molecule has 0 amide bonds. The molecule has 0 bridgehead atoms. The van der Waals surface area contributed by atoms with Crippen molar-refractivity contribution < 1.29 is 4.74 Å². The van der Waals surface area contributed by atoms with Crippen molar-refractivity contribution in [3.05, 3.63) is 57.7 Å². The molecule has 0 aliphatic heterocycles. The van der Waals surface area contributed by atoms with E-state index >= 15 is 0 Å². The lowest BCUT2D eigenvalue weighted by molar-refractivity contribution is 0.314. The maximum Gasteiger partial charge on any atom is 0.127 e. The van der Waals surface area contributed by atoms with Gasteiger partial charge >= 0.3 is 0 Å². The summed E-state index contributed by atoms with van der Waals surface area (Å²) in [6.07, 6.45) is 0. The summed E-state index contributed by atoms with van der Waals surface area (Å²) >= 11 is 7.44. The third-order valence-electron chi connectivity index (χ3n) is 2.92. The lowest BCUT2D eigenvalue weighted by atomic mass is 10.1. The normalized spacial score (nSPS) is 10.8. The average molecular weight is 290 g/mol. The average Bonchev–Trinajstić information content (AvgIpc) is 2.84. The van der Waals surface area contributed by atoms with E-state index in [1.807, 2.05) is 48.5 Å². The van der Waals surface area contributed by atoms with Crippen molar-refractivity contribution in [1.29, 1.82) is 0 Å². The Hall–Kier alpha value is -1.71. The molecule has 4 heteroatoms. The summed E-state index contributed by atoms with van der Waals surface area (Å²) < 4.78 is 6.65. The molecule has 0 spiro atoms. The van der Waals surface area contributed by atoms with Crippen LogP contribution in [0.25, 0.3) is 10.8 Å². The molecule has 96 valence electrons. The summed E-state index contributed by atoms with van der Waals surface area (Å²) in [4.78, 5) is 1.10. The Balaban J connectivity index is 1.91. The fourth-order valence-electron chi connectivity index (χ4n) is 2.00. The molecule has 0 radical (unpaired) electrons. The molecular weight excluding hydrogens is 278 g/mol. The first-order chi connectivity index (χ1) is 9.24. The maximum atomic E-state index is 5.96. The maximum absolute atomic E-state index is 5.96. The second-order valence-electron chi connectivity index (χ2n) is 4.19. The second-order valence-corrected chi connectivity index (χ2v) is 5.99. The van der Waals surface area contributed by atoms with Crippen LogP contribution in [-0.2, 0) is 6.61 Å².